The fourth-order valence-electron chi connectivity index (χ4n) is 3.65. The van der Waals surface area contributed by atoms with E-state index in [0.29, 0.717) is 6.54 Å². The molecule has 7 nitrogen and oxygen atoms in total. The van der Waals surface area contributed by atoms with Crippen molar-refractivity contribution in [1.29, 1.82) is 0 Å². The van der Waals surface area contributed by atoms with Gasteiger partial charge in [0.05, 0.1) is 7.11 Å². The lowest BCUT2D eigenvalue weighted by Gasteiger charge is -2.30. The molecule has 0 bridgehead atoms. The second-order valence-electron chi connectivity index (χ2n) is 7.02. The van der Waals surface area contributed by atoms with Crippen LogP contribution >= 0.6 is 0 Å². The number of amides is 2. The molecule has 7 heteroatoms. The maximum atomic E-state index is 12.0. The Morgan fingerprint density at radius 1 is 1.21 bits per heavy atom. The van der Waals surface area contributed by atoms with E-state index in [9.17, 15) is 4.79 Å². The largest absolute Gasteiger partial charge is 0.497 e. The Kier molecular flexibility index (Phi) is 5.14. The zero-order valence-corrected chi connectivity index (χ0v) is 16.3. The Morgan fingerprint density at radius 2 is 2.04 bits per heavy atom. The molecule has 2 aromatic heterocycles. The summed E-state index contributed by atoms with van der Waals surface area (Å²) < 4.78 is 7.17. The SMILES string of the molecule is CCNC(=O)N1CCC(c2nc3ccc(-c4cccc(OC)c4)cn3n2)CC1. The van der Waals surface area contributed by atoms with Gasteiger partial charge in [-0.3, -0.25) is 0 Å². The van der Waals surface area contributed by atoms with E-state index in [0.717, 1.165) is 54.3 Å². The number of hydrogen-bond acceptors (Lipinski definition) is 4. The number of pyridine rings is 1. The average Bonchev–Trinajstić information content (AvgIpc) is 3.17. The molecule has 2 amide bonds. The highest BCUT2D eigenvalue weighted by atomic mass is 16.5. The summed E-state index contributed by atoms with van der Waals surface area (Å²) in [7, 11) is 1.67. The summed E-state index contributed by atoms with van der Waals surface area (Å²) in [6.45, 7) is 4.07. The monoisotopic (exact) mass is 379 g/mol. The van der Waals surface area contributed by atoms with Crippen molar-refractivity contribution in [2.24, 2.45) is 0 Å². The lowest BCUT2D eigenvalue weighted by molar-refractivity contribution is 0.181. The van der Waals surface area contributed by atoms with E-state index in [-0.39, 0.29) is 11.9 Å². The number of urea groups is 1. The summed E-state index contributed by atoms with van der Waals surface area (Å²) in [5.41, 5.74) is 2.98. The Morgan fingerprint density at radius 3 is 2.79 bits per heavy atom. The predicted molar refractivity (Wildman–Crippen MR) is 108 cm³/mol. The minimum atomic E-state index is 0.0202. The van der Waals surface area contributed by atoms with Crippen LogP contribution in [0.1, 0.15) is 31.5 Å². The number of hydrogen-bond donors (Lipinski definition) is 1. The van der Waals surface area contributed by atoms with Crippen LogP contribution in [-0.4, -0.2) is 52.3 Å². The van der Waals surface area contributed by atoms with Gasteiger partial charge in [-0.1, -0.05) is 12.1 Å². The molecule has 0 aliphatic carbocycles. The molecule has 146 valence electrons. The van der Waals surface area contributed by atoms with Gasteiger partial charge in [-0.25, -0.2) is 14.3 Å². The minimum absolute atomic E-state index is 0.0202. The number of rotatable bonds is 4. The van der Waals surface area contributed by atoms with Crippen LogP contribution in [-0.2, 0) is 0 Å². The molecule has 0 radical (unpaired) electrons. The standard InChI is InChI=1S/C21H25N5O2/c1-3-22-21(27)25-11-9-15(10-12-25)20-23-19-8-7-17(14-26(19)24-20)16-5-4-6-18(13-16)28-2/h4-8,13-15H,3,9-12H2,1-2H3,(H,22,27). The molecule has 0 saturated carbocycles. The van der Waals surface area contributed by atoms with E-state index in [1.54, 1.807) is 7.11 Å². The van der Waals surface area contributed by atoms with Crippen LogP contribution in [0.15, 0.2) is 42.6 Å². The number of fused-ring (bicyclic) bond motifs is 1. The van der Waals surface area contributed by atoms with Gasteiger partial charge in [-0.05, 0) is 49.6 Å². The highest BCUT2D eigenvalue weighted by Crippen LogP contribution is 2.28. The molecule has 1 aliphatic heterocycles. The predicted octanol–water partition coefficient (Wildman–Crippen LogP) is 3.31. The van der Waals surface area contributed by atoms with Gasteiger partial charge in [-0.2, -0.15) is 5.10 Å². The van der Waals surface area contributed by atoms with E-state index in [1.165, 1.54) is 0 Å². The normalized spacial score (nSPS) is 15.0. The Bertz CT molecular complexity index is 976. The van der Waals surface area contributed by atoms with Gasteiger partial charge in [0.25, 0.3) is 0 Å². The van der Waals surface area contributed by atoms with E-state index in [1.807, 2.05) is 46.8 Å². The van der Waals surface area contributed by atoms with Crippen LogP contribution in [0.4, 0.5) is 4.79 Å². The topological polar surface area (TPSA) is 71.8 Å². The Balaban J connectivity index is 1.52. The van der Waals surface area contributed by atoms with Crippen LogP contribution in [0.5, 0.6) is 5.75 Å². The minimum Gasteiger partial charge on any atom is -0.497 e. The van der Waals surface area contributed by atoms with Crippen molar-refractivity contribution in [3.63, 3.8) is 0 Å². The first kappa shape index (κ1) is 18.3. The van der Waals surface area contributed by atoms with Crippen LogP contribution in [0.3, 0.4) is 0 Å². The van der Waals surface area contributed by atoms with Crippen LogP contribution in [0.25, 0.3) is 16.8 Å². The molecule has 0 unspecified atom stereocenters. The molecular weight excluding hydrogens is 354 g/mol. The first-order valence-corrected chi connectivity index (χ1v) is 9.71. The van der Waals surface area contributed by atoms with Gasteiger partial charge in [-0.15, -0.1) is 0 Å². The van der Waals surface area contributed by atoms with Gasteiger partial charge in [0, 0.05) is 37.3 Å². The first-order chi connectivity index (χ1) is 13.7. The van der Waals surface area contributed by atoms with Crippen molar-refractivity contribution in [3.05, 3.63) is 48.4 Å². The van der Waals surface area contributed by atoms with E-state index >= 15 is 0 Å². The quantitative estimate of drug-likeness (QED) is 0.755. The van der Waals surface area contributed by atoms with Crippen molar-refractivity contribution in [1.82, 2.24) is 24.8 Å². The van der Waals surface area contributed by atoms with Crippen LogP contribution in [0, 0.1) is 0 Å². The Labute approximate surface area is 164 Å². The highest BCUT2D eigenvalue weighted by molar-refractivity contribution is 5.74. The lowest BCUT2D eigenvalue weighted by Crippen LogP contribution is -2.44. The summed E-state index contributed by atoms with van der Waals surface area (Å²) in [6, 6.07) is 12.0. The lowest BCUT2D eigenvalue weighted by atomic mass is 9.96. The number of aromatic nitrogens is 3. The van der Waals surface area contributed by atoms with Gasteiger partial charge in [0.1, 0.15) is 5.75 Å². The number of piperidine rings is 1. The molecular formula is C21H25N5O2. The summed E-state index contributed by atoms with van der Waals surface area (Å²) in [5, 5.41) is 7.59. The number of benzene rings is 1. The second kappa shape index (κ2) is 7.88. The van der Waals surface area contributed by atoms with Crippen molar-refractivity contribution in [3.8, 4) is 16.9 Å². The number of nitrogens with one attached hydrogen (secondary N) is 1. The number of nitrogens with zero attached hydrogens (tertiary/aromatic N) is 4. The molecule has 4 rings (SSSR count). The number of carbonyl (C=O) groups is 1. The molecule has 0 spiro atoms. The summed E-state index contributed by atoms with van der Waals surface area (Å²) in [4.78, 5) is 18.6. The van der Waals surface area contributed by atoms with E-state index in [2.05, 4.69) is 17.4 Å². The maximum absolute atomic E-state index is 12.0. The van der Waals surface area contributed by atoms with Crippen molar-refractivity contribution in [2.45, 2.75) is 25.7 Å². The fraction of sp³-hybridized carbons (Fsp3) is 0.381. The zero-order chi connectivity index (χ0) is 19.5. The zero-order valence-electron chi connectivity index (χ0n) is 16.3. The molecule has 1 fully saturated rings. The second-order valence-corrected chi connectivity index (χ2v) is 7.02. The first-order valence-electron chi connectivity index (χ1n) is 9.71. The molecule has 28 heavy (non-hydrogen) atoms. The third-order valence-corrected chi connectivity index (χ3v) is 5.23. The Hall–Kier alpha value is -3.09. The maximum Gasteiger partial charge on any atom is 0.317 e. The molecule has 1 aromatic carbocycles. The van der Waals surface area contributed by atoms with E-state index in [4.69, 9.17) is 14.8 Å². The van der Waals surface area contributed by atoms with Gasteiger partial charge in [0.15, 0.2) is 11.5 Å². The molecule has 1 N–H and O–H groups in total. The van der Waals surface area contributed by atoms with E-state index < -0.39 is 0 Å². The fourth-order valence-corrected chi connectivity index (χ4v) is 3.65. The number of likely N-dealkylation sites (tertiary alicyclic amines) is 1. The number of ether oxygens (including phenoxy) is 1. The molecule has 3 aromatic rings. The molecule has 3 heterocycles. The molecule has 0 atom stereocenters. The highest BCUT2D eigenvalue weighted by Gasteiger charge is 2.26. The number of carbonyl (C=O) groups excluding carboxylic acids is 1. The van der Waals surface area contributed by atoms with Gasteiger partial charge < -0.3 is 15.0 Å². The third kappa shape index (κ3) is 3.65. The van der Waals surface area contributed by atoms with Crippen molar-refractivity contribution in [2.75, 3.05) is 26.7 Å². The van der Waals surface area contributed by atoms with Gasteiger partial charge >= 0.3 is 6.03 Å². The van der Waals surface area contributed by atoms with Crippen LogP contribution < -0.4 is 10.1 Å². The molecule has 1 aliphatic rings. The smallest absolute Gasteiger partial charge is 0.317 e. The van der Waals surface area contributed by atoms with Crippen molar-refractivity contribution < 1.29 is 9.53 Å². The summed E-state index contributed by atoms with van der Waals surface area (Å²) in [6.07, 6.45) is 3.78. The summed E-state index contributed by atoms with van der Waals surface area (Å²) in [5.74, 6) is 1.97. The average molecular weight is 379 g/mol. The van der Waals surface area contributed by atoms with Crippen LogP contribution in [0.2, 0.25) is 0 Å². The summed E-state index contributed by atoms with van der Waals surface area (Å²) >= 11 is 0. The third-order valence-electron chi connectivity index (χ3n) is 5.23. The molecule has 1 saturated heterocycles. The van der Waals surface area contributed by atoms with Gasteiger partial charge in [0.2, 0.25) is 0 Å². The number of methoxy groups -OCH3 is 1. The van der Waals surface area contributed by atoms with Crippen molar-refractivity contribution >= 4 is 11.7 Å².